The Labute approximate surface area is 126 Å². The zero-order chi connectivity index (χ0) is 15.2. The van der Waals surface area contributed by atoms with Gasteiger partial charge in [-0.05, 0) is 26.7 Å². The first kappa shape index (κ1) is 15.9. The molecule has 3 unspecified atom stereocenters. The number of benzene rings is 1. The predicted molar refractivity (Wildman–Crippen MR) is 83.0 cm³/mol. The molecule has 0 saturated carbocycles. The number of likely N-dealkylation sites (N-methyl/N-ethyl adjacent to an activating group) is 2. The smallest absolute Gasteiger partial charge is 0.227 e. The molecular weight excluding hydrogens is 266 g/mol. The molecule has 1 amide bonds. The highest BCUT2D eigenvalue weighted by atomic mass is 16.5. The van der Waals surface area contributed by atoms with E-state index < -0.39 is 0 Å². The SMILES string of the molecule is CNC1COCC1C(=O)NC(CN(C)C)c1ccccc1. The van der Waals surface area contributed by atoms with Gasteiger partial charge in [0.15, 0.2) is 0 Å². The summed E-state index contributed by atoms with van der Waals surface area (Å²) in [6.07, 6.45) is 0. The van der Waals surface area contributed by atoms with Crippen LogP contribution >= 0.6 is 0 Å². The van der Waals surface area contributed by atoms with Crippen LogP contribution in [0.25, 0.3) is 0 Å². The largest absolute Gasteiger partial charge is 0.379 e. The Morgan fingerprint density at radius 1 is 1.33 bits per heavy atom. The van der Waals surface area contributed by atoms with Gasteiger partial charge < -0.3 is 20.3 Å². The van der Waals surface area contributed by atoms with E-state index in [1.165, 1.54) is 0 Å². The van der Waals surface area contributed by atoms with Crippen LogP contribution in [-0.2, 0) is 9.53 Å². The summed E-state index contributed by atoms with van der Waals surface area (Å²) in [7, 11) is 5.89. The van der Waals surface area contributed by atoms with Crippen molar-refractivity contribution >= 4 is 5.91 Å². The Bertz CT molecular complexity index is 450. The van der Waals surface area contributed by atoms with Crippen molar-refractivity contribution in [2.45, 2.75) is 12.1 Å². The van der Waals surface area contributed by atoms with Crippen molar-refractivity contribution < 1.29 is 9.53 Å². The van der Waals surface area contributed by atoms with Crippen molar-refractivity contribution in [1.29, 1.82) is 0 Å². The number of carbonyl (C=O) groups excluding carboxylic acids is 1. The number of nitrogens with zero attached hydrogens (tertiary/aromatic N) is 1. The molecule has 0 aromatic heterocycles. The number of hydrogen-bond donors (Lipinski definition) is 2. The summed E-state index contributed by atoms with van der Waals surface area (Å²) in [4.78, 5) is 14.6. The Kier molecular flexibility index (Phi) is 5.73. The maximum atomic E-state index is 12.5. The third-order valence-corrected chi connectivity index (χ3v) is 3.85. The molecule has 1 aromatic carbocycles. The van der Waals surface area contributed by atoms with Crippen LogP contribution < -0.4 is 10.6 Å². The van der Waals surface area contributed by atoms with Gasteiger partial charge in [-0.1, -0.05) is 30.3 Å². The second kappa shape index (κ2) is 7.54. The first-order valence-electron chi connectivity index (χ1n) is 7.37. The normalized spacial score (nSPS) is 23.2. The fraction of sp³-hybridized carbons (Fsp3) is 0.562. The van der Waals surface area contributed by atoms with Crippen LogP contribution in [0.1, 0.15) is 11.6 Å². The van der Waals surface area contributed by atoms with E-state index in [0.29, 0.717) is 13.2 Å². The summed E-state index contributed by atoms with van der Waals surface area (Å²) in [5.74, 6) is -0.0640. The molecule has 116 valence electrons. The van der Waals surface area contributed by atoms with Crippen LogP contribution in [0, 0.1) is 5.92 Å². The van der Waals surface area contributed by atoms with Gasteiger partial charge in [-0.15, -0.1) is 0 Å². The molecule has 0 bridgehead atoms. The Hall–Kier alpha value is -1.43. The Morgan fingerprint density at radius 2 is 2.05 bits per heavy atom. The van der Waals surface area contributed by atoms with Crippen molar-refractivity contribution in [2.24, 2.45) is 5.92 Å². The van der Waals surface area contributed by atoms with Gasteiger partial charge >= 0.3 is 0 Å². The minimum absolute atomic E-state index is 0.00759. The zero-order valence-corrected chi connectivity index (χ0v) is 13.0. The van der Waals surface area contributed by atoms with Gasteiger partial charge in [0.25, 0.3) is 0 Å². The quantitative estimate of drug-likeness (QED) is 0.808. The van der Waals surface area contributed by atoms with Gasteiger partial charge in [-0.3, -0.25) is 4.79 Å². The van der Waals surface area contributed by atoms with E-state index in [2.05, 4.69) is 27.7 Å². The summed E-state index contributed by atoms with van der Waals surface area (Å²) >= 11 is 0. The van der Waals surface area contributed by atoms with Crippen LogP contribution in [-0.4, -0.2) is 57.8 Å². The highest BCUT2D eigenvalue weighted by molar-refractivity contribution is 5.80. The molecule has 2 rings (SSSR count). The predicted octanol–water partition coefficient (Wildman–Crippen LogP) is 0.640. The van der Waals surface area contributed by atoms with Gasteiger partial charge in [0.05, 0.1) is 25.2 Å². The van der Waals surface area contributed by atoms with Crippen LogP contribution in [0.3, 0.4) is 0 Å². The molecule has 3 atom stereocenters. The maximum Gasteiger partial charge on any atom is 0.227 e. The zero-order valence-electron chi connectivity index (χ0n) is 13.0. The molecule has 0 spiro atoms. The number of hydrogen-bond acceptors (Lipinski definition) is 4. The summed E-state index contributed by atoms with van der Waals surface area (Å²) in [5.41, 5.74) is 1.12. The van der Waals surface area contributed by atoms with Crippen LogP contribution in [0.5, 0.6) is 0 Å². The second-order valence-corrected chi connectivity index (χ2v) is 5.77. The monoisotopic (exact) mass is 291 g/mol. The van der Waals surface area contributed by atoms with Crippen molar-refractivity contribution in [3.05, 3.63) is 35.9 Å². The molecule has 1 aliphatic rings. The number of amides is 1. The molecule has 5 nitrogen and oxygen atoms in total. The molecule has 0 aliphatic carbocycles. The van der Waals surface area contributed by atoms with Crippen LogP contribution in [0.2, 0.25) is 0 Å². The second-order valence-electron chi connectivity index (χ2n) is 5.77. The summed E-state index contributed by atoms with van der Waals surface area (Å²) < 4.78 is 5.42. The van der Waals surface area contributed by atoms with E-state index in [0.717, 1.165) is 12.1 Å². The molecule has 1 aliphatic heterocycles. The lowest BCUT2D eigenvalue weighted by atomic mass is 10.0. The summed E-state index contributed by atoms with van der Waals surface area (Å²) in [6, 6.07) is 10.2. The number of carbonyl (C=O) groups is 1. The third kappa shape index (κ3) is 4.27. The topological polar surface area (TPSA) is 53.6 Å². The molecule has 2 N–H and O–H groups in total. The third-order valence-electron chi connectivity index (χ3n) is 3.85. The Morgan fingerprint density at radius 3 is 2.67 bits per heavy atom. The fourth-order valence-electron chi connectivity index (χ4n) is 2.66. The molecule has 1 aromatic rings. The van der Waals surface area contributed by atoms with Gasteiger partial charge in [0.1, 0.15) is 0 Å². The lowest BCUT2D eigenvalue weighted by Gasteiger charge is -2.25. The summed E-state index contributed by atoms with van der Waals surface area (Å²) in [6.45, 7) is 1.85. The standard InChI is InChI=1S/C16H25N3O2/c1-17-15-11-21-10-13(15)16(20)18-14(9-19(2)3)12-7-5-4-6-8-12/h4-8,13-15,17H,9-11H2,1-3H3,(H,18,20). The van der Waals surface area contributed by atoms with Crippen molar-refractivity contribution in [2.75, 3.05) is 40.9 Å². The molecular formula is C16H25N3O2. The molecule has 21 heavy (non-hydrogen) atoms. The van der Waals surface area contributed by atoms with Crippen molar-refractivity contribution in [1.82, 2.24) is 15.5 Å². The van der Waals surface area contributed by atoms with Crippen molar-refractivity contribution in [3.8, 4) is 0 Å². The summed E-state index contributed by atoms with van der Waals surface area (Å²) in [5, 5.41) is 6.32. The average molecular weight is 291 g/mol. The van der Waals surface area contributed by atoms with Gasteiger partial charge in [0, 0.05) is 12.6 Å². The lowest BCUT2D eigenvalue weighted by Crippen LogP contribution is -2.45. The lowest BCUT2D eigenvalue weighted by molar-refractivity contribution is -0.126. The molecule has 1 fully saturated rings. The van der Waals surface area contributed by atoms with Gasteiger partial charge in [-0.25, -0.2) is 0 Å². The average Bonchev–Trinajstić information content (AvgIpc) is 2.95. The first-order chi connectivity index (χ1) is 10.1. The van der Waals surface area contributed by atoms with E-state index in [4.69, 9.17) is 4.74 Å². The fourth-order valence-corrected chi connectivity index (χ4v) is 2.66. The van der Waals surface area contributed by atoms with E-state index in [1.807, 2.05) is 39.3 Å². The van der Waals surface area contributed by atoms with E-state index >= 15 is 0 Å². The van der Waals surface area contributed by atoms with Crippen LogP contribution in [0.15, 0.2) is 30.3 Å². The number of rotatable bonds is 6. The van der Waals surface area contributed by atoms with E-state index in [1.54, 1.807) is 0 Å². The van der Waals surface area contributed by atoms with Gasteiger partial charge in [0.2, 0.25) is 5.91 Å². The molecule has 5 heteroatoms. The van der Waals surface area contributed by atoms with E-state index in [9.17, 15) is 4.79 Å². The molecule has 0 radical (unpaired) electrons. The van der Waals surface area contributed by atoms with Crippen LogP contribution in [0.4, 0.5) is 0 Å². The maximum absolute atomic E-state index is 12.5. The highest BCUT2D eigenvalue weighted by Gasteiger charge is 2.34. The van der Waals surface area contributed by atoms with Gasteiger partial charge in [-0.2, -0.15) is 0 Å². The number of ether oxygens (including phenoxy) is 1. The van der Waals surface area contributed by atoms with E-state index in [-0.39, 0.29) is 23.9 Å². The highest BCUT2D eigenvalue weighted by Crippen LogP contribution is 2.18. The molecule has 1 heterocycles. The minimum Gasteiger partial charge on any atom is -0.379 e. The first-order valence-corrected chi connectivity index (χ1v) is 7.37. The minimum atomic E-state index is -0.122. The Balaban J connectivity index is 2.06. The molecule has 1 saturated heterocycles. The van der Waals surface area contributed by atoms with Crippen molar-refractivity contribution in [3.63, 3.8) is 0 Å². The number of nitrogens with one attached hydrogen (secondary N) is 2.